The molecule has 2 fully saturated rings. The molecular weight excluding hydrogens is 368 g/mol. The quantitative estimate of drug-likeness (QED) is 0.262. The van der Waals surface area contributed by atoms with Crippen LogP contribution in [0, 0.1) is 0 Å². The number of rotatable bonds is 4. The molecule has 2 saturated heterocycles. The monoisotopic (exact) mass is 390 g/mol. The molecule has 1 aromatic rings. The van der Waals surface area contributed by atoms with E-state index in [9.17, 15) is 40.2 Å². The van der Waals surface area contributed by atoms with E-state index in [0.29, 0.717) is 4.57 Å². The lowest BCUT2D eigenvalue weighted by Crippen LogP contribution is -2.61. The van der Waals surface area contributed by atoms with Gasteiger partial charge in [-0.3, -0.25) is 14.3 Å². The molecule has 3 rings (SSSR count). The zero-order valence-corrected chi connectivity index (χ0v) is 14.2. The third-order valence-electron chi connectivity index (χ3n) is 5.03. The summed E-state index contributed by atoms with van der Waals surface area (Å²) < 4.78 is 11.8. The topological polar surface area (TPSA) is 195 Å². The Morgan fingerprint density at radius 2 is 1.89 bits per heavy atom. The fourth-order valence-corrected chi connectivity index (χ4v) is 3.68. The smallest absolute Gasteiger partial charge is 0.330 e. The van der Waals surface area contributed by atoms with E-state index >= 15 is 0 Å². The number of aliphatic hydroxyl groups is 6. The molecule has 9 atom stereocenters. The standard InChI is InChI=1S/C15H22N2O10/c1-5(19)11-9(22)10(23)13(26-11)15(12(24)8(21)6(4-18)27-15)17-3-2-7(20)16-14(17)25/h2-3,5-6,8-13,18-19,21-24H,4H2,1H3,(H,16,20,25)/t5?,6-,8-,9-,10+,11+,12-,13+,15+/m1/s1. The van der Waals surface area contributed by atoms with E-state index in [1.54, 1.807) is 0 Å². The molecule has 1 aromatic heterocycles. The van der Waals surface area contributed by atoms with Gasteiger partial charge in [0.1, 0.15) is 42.7 Å². The zero-order chi connectivity index (χ0) is 20.1. The number of nitrogens with one attached hydrogen (secondary N) is 1. The molecule has 12 heteroatoms. The van der Waals surface area contributed by atoms with Crippen molar-refractivity contribution in [3.63, 3.8) is 0 Å². The molecule has 27 heavy (non-hydrogen) atoms. The molecule has 3 heterocycles. The van der Waals surface area contributed by atoms with Crippen LogP contribution in [0.25, 0.3) is 0 Å². The van der Waals surface area contributed by atoms with Gasteiger partial charge in [0.15, 0.2) is 0 Å². The van der Waals surface area contributed by atoms with Crippen LogP contribution < -0.4 is 11.2 Å². The average molecular weight is 390 g/mol. The molecule has 2 aliphatic rings. The van der Waals surface area contributed by atoms with Gasteiger partial charge < -0.3 is 40.1 Å². The predicted molar refractivity (Wildman–Crippen MR) is 85.6 cm³/mol. The minimum absolute atomic E-state index is 0.711. The molecule has 2 aliphatic heterocycles. The van der Waals surface area contributed by atoms with Crippen LogP contribution in [0.3, 0.4) is 0 Å². The fraction of sp³-hybridized carbons (Fsp3) is 0.733. The third kappa shape index (κ3) is 2.94. The lowest BCUT2D eigenvalue weighted by molar-refractivity contribution is -0.237. The molecule has 12 nitrogen and oxygen atoms in total. The predicted octanol–water partition coefficient (Wildman–Crippen LogP) is -4.83. The van der Waals surface area contributed by atoms with Crippen LogP contribution in [-0.2, 0) is 15.2 Å². The van der Waals surface area contributed by atoms with Crippen molar-refractivity contribution >= 4 is 0 Å². The number of aromatic amines is 1. The summed E-state index contributed by atoms with van der Waals surface area (Å²) in [5.74, 6) is 0. The maximum absolute atomic E-state index is 12.4. The summed E-state index contributed by atoms with van der Waals surface area (Å²) in [5, 5.41) is 60.7. The van der Waals surface area contributed by atoms with Crippen molar-refractivity contribution in [3.05, 3.63) is 33.1 Å². The van der Waals surface area contributed by atoms with E-state index in [2.05, 4.69) is 0 Å². The van der Waals surface area contributed by atoms with Gasteiger partial charge in [0.05, 0.1) is 12.7 Å². The second-order valence-corrected chi connectivity index (χ2v) is 6.75. The van der Waals surface area contributed by atoms with Crippen molar-refractivity contribution in [3.8, 4) is 0 Å². The number of ether oxygens (including phenoxy) is 2. The molecule has 0 spiro atoms. The zero-order valence-electron chi connectivity index (χ0n) is 14.2. The van der Waals surface area contributed by atoms with Crippen LogP contribution in [0.2, 0.25) is 0 Å². The first-order valence-electron chi connectivity index (χ1n) is 8.32. The van der Waals surface area contributed by atoms with Crippen LogP contribution in [0.15, 0.2) is 21.9 Å². The van der Waals surface area contributed by atoms with Crippen molar-refractivity contribution in [2.75, 3.05) is 6.61 Å². The van der Waals surface area contributed by atoms with Gasteiger partial charge in [-0.15, -0.1) is 0 Å². The van der Waals surface area contributed by atoms with Crippen LogP contribution in [0.1, 0.15) is 6.92 Å². The van der Waals surface area contributed by atoms with Gasteiger partial charge in [0, 0.05) is 12.3 Å². The van der Waals surface area contributed by atoms with Crippen LogP contribution in [0.5, 0.6) is 0 Å². The van der Waals surface area contributed by atoms with Gasteiger partial charge in [-0.05, 0) is 6.92 Å². The normalized spacial score (nSPS) is 43.1. The Bertz CT molecular complexity index is 793. The van der Waals surface area contributed by atoms with E-state index in [0.717, 1.165) is 12.3 Å². The SMILES string of the molecule is CC(O)[C@@H]1O[C@H]([C@@]2(n3ccc(=O)[nH]c3=O)O[C@H](CO)[C@@H](O)[C@H]2O)[C@@H](O)[C@H]1O. The Morgan fingerprint density at radius 3 is 2.37 bits per heavy atom. The van der Waals surface area contributed by atoms with Crippen molar-refractivity contribution in [2.24, 2.45) is 0 Å². The number of nitrogens with zero attached hydrogens (tertiary/aromatic N) is 1. The molecule has 1 unspecified atom stereocenters. The molecule has 0 aromatic carbocycles. The summed E-state index contributed by atoms with van der Waals surface area (Å²) in [7, 11) is 0. The highest BCUT2D eigenvalue weighted by molar-refractivity contribution is 5.11. The largest absolute Gasteiger partial charge is 0.394 e. The minimum atomic E-state index is -2.29. The number of aliphatic hydroxyl groups excluding tert-OH is 6. The second kappa shape index (κ2) is 7.07. The van der Waals surface area contributed by atoms with Crippen molar-refractivity contribution in [1.82, 2.24) is 9.55 Å². The lowest BCUT2D eigenvalue weighted by Gasteiger charge is -2.39. The van der Waals surface area contributed by atoms with Crippen LogP contribution in [-0.4, -0.2) is 95.6 Å². The fourth-order valence-electron chi connectivity index (χ4n) is 3.68. The number of aromatic nitrogens is 2. The van der Waals surface area contributed by atoms with Gasteiger partial charge in [0.2, 0.25) is 5.72 Å². The van der Waals surface area contributed by atoms with E-state index in [-0.39, 0.29) is 0 Å². The number of H-pyrrole nitrogens is 1. The van der Waals surface area contributed by atoms with Crippen molar-refractivity contribution in [2.45, 2.75) is 61.5 Å². The second-order valence-electron chi connectivity index (χ2n) is 6.75. The van der Waals surface area contributed by atoms with Gasteiger partial charge in [-0.1, -0.05) is 0 Å². The summed E-state index contributed by atoms with van der Waals surface area (Å²) in [6, 6.07) is 0.946. The Hall–Kier alpha value is -1.64. The van der Waals surface area contributed by atoms with E-state index in [1.165, 1.54) is 6.92 Å². The van der Waals surface area contributed by atoms with Gasteiger partial charge in [0.25, 0.3) is 5.56 Å². The maximum atomic E-state index is 12.4. The Morgan fingerprint density at radius 1 is 1.22 bits per heavy atom. The minimum Gasteiger partial charge on any atom is -0.394 e. The average Bonchev–Trinajstić information content (AvgIpc) is 3.04. The molecule has 0 saturated carbocycles. The highest BCUT2D eigenvalue weighted by atomic mass is 16.6. The maximum Gasteiger partial charge on any atom is 0.330 e. The van der Waals surface area contributed by atoms with Crippen molar-refractivity contribution in [1.29, 1.82) is 0 Å². The first-order chi connectivity index (χ1) is 12.6. The van der Waals surface area contributed by atoms with E-state index in [1.807, 2.05) is 4.98 Å². The lowest BCUT2D eigenvalue weighted by atomic mass is 9.92. The number of hydrogen-bond acceptors (Lipinski definition) is 10. The first kappa shape index (κ1) is 20.1. The molecular formula is C15H22N2O10. The van der Waals surface area contributed by atoms with Crippen LogP contribution in [0.4, 0.5) is 0 Å². The molecule has 0 amide bonds. The highest BCUT2D eigenvalue weighted by Crippen LogP contribution is 2.44. The third-order valence-corrected chi connectivity index (χ3v) is 5.03. The summed E-state index contributed by atoms with van der Waals surface area (Å²) in [4.78, 5) is 25.7. The van der Waals surface area contributed by atoms with Crippen LogP contribution >= 0.6 is 0 Å². The molecule has 0 bridgehead atoms. The number of hydrogen-bond donors (Lipinski definition) is 7. The first-order valence-corrected chi connectivity index (χ1v) is 8.32. The van der Waals surface area contributed by atoms with Crippen molar-refractivity contribution < 1.29 is 40.1 Å². The van der Waals surface area contributed by atoms with Gasteiger partial charge in [-0.2, -0.15) is 0 Å². The Kier molecular flexibility index (Phi) is 5.26. The Balaban J connectivity index is 2.18. The summed E-state index contributed by atoms with van der Waals surface area (Å²) in [5.41, 5.74) is -4.08. The Labute approximate surface area is 151 Å². The van der Waals surface area contributed by atoms with E-state index in [4.69, 9.17) is 9.47 Å². The molecule has 0 aliphatic carbocycles. The summed E-state index contributed by atoms with van der Waals surface area (Å²) in [6.07, 6.45) is -11.4. The summed E-state index contributed by atoms with van der Waals surface area (Å²) in [6.45, 7) is 0.572. The van der Waals surface area contributed by atoms with Gasteiger partial charge in [-0.25, -0.2) is 4.79 Å². The molecule has 152 valence electrons. The van der Waals surface area contributed by atoms with E-state index < -0.39 is 72.4 Å². The van der Waals surface area contributed by atoms with Gasteiger partial charge >= 0.3 is 5.69 Å². The highest BCUT2D eigenvalue weighted by Gasteiger charge is 2.66. The molecule has 0 radical (unpaired) electrons. The summed E-state index contributed by atoms with van der Waals surface area (Å²) >= 11 is 0. The molecule has 7 N–H and O–H groups in total.